The first-order valence-electron chi connectivity index (χ1n) is 11.0. The zero-order valence-corrected chi connectivity index (χ0v) is 19.0. The van der Waals surface area contributed by atoms with Gasteiger partial charge in [0.2, 0.25) is 0 Å². The highest BCUT2D eigenvalue weighted by Crippen LogP contribution is 2.39. The van der Waals surface area contributed by atoms with E-state index < -0.39 is 63.0 Å². The normalized spacial score (nSPS) is 20.7. The second kappa shape index (κ2) is 9.49. The molecule has 0 radical (unpaired) electrons. The van der Waals surface area contributed by atoms with Crippen LogP contribution in [0.15, 0.2) is 60.7 Å². The number of Topliss-reactive ketones (excluding diaryl/α,β-unsaturated/α-hetero) is 1. The monoisotopic (exact) mass is 492 g/mol. The summed E-state index contributed by atoms with van der Waals surface area (Å²) in [5, 5.41) is 23.9. The van der Waals surface area contributed by atoms with Crippen molar-refractivity contribution < 1.29 is 29.0 Å². The molecule has 3 atom stereocenters. The van der Waals surface area contributed by atoms with Gasteiger partial charge in [-0.25, -0.2) is 5.01 Å². The molecule has 2 aromatic rings. The number of imide groups is 1. The van der Waals surface area contributed by atoms with Crippen LogP contribution in [-0.4, -0.2) is 49.9 Å². The van der Waals surface area contributed by atoms with E-state index in [9.17, 15) is 39.4 Å². The maximum absolute atomic E-state index is 13.6. The number of nitro benzene ring substituents is 2. The molecule has 2 aromatic carbocycles. The summed E-state index contributed by atoms with van der Waals surface area (Å²) >= 11 is 0. The quantitative estimate of drug-likeness (QED) is 0.187. The number of para-hydroxylation sites is 1. The second-order valence-corrected chi connectivity index (χ2v) is 8.51. The fourth-order valence-corrected chi connectivity index (χ4v) is 4.58. The van der Waals surface area contributed by atoms with E-state index in [1.54, 1.807) is 19.1 Å². The molecule has 0 N–H and O–H groups in total. The van der Waals surface area contributed by atoms with Crippen molar-refractivity contribution in [2.24, 2.45) is 17.8 Å². The first-order valence-corrected chi connectivity index (χ1v) is 11.0. The summed E-state index contributed by atoms with van der Waals surface area (Å²) in [6.45, 7) is 0.912. The predicted octanol–water partition coefficient (Wildman–Crippen LogP) is 2.94. The molecule has 2 aliphatic rings. The molecule has 12 nitrogen and oxygen atoms in total. The van der Waals surface area contributed by atoms with Crippen LogP contribution in [0.3, 0.4) is 0 Å². The van der Waals surface area contributed by atoms with Crippen molar-refractivity contribution >= 4 is 34.9 Å². The summed E-state index contributed by atoms with van der Waals surface area (Å²) in [6.07, 6.45) is 3.82. The molecule has 0 saturated carbocycles. The molecule has 1 aliphatic carbocycles. The highest BCUT2D eigenvalue weighted by molar-refractivity contribution is 6.10. The molecule has 0 unspecified atom stereocenters. The van der Waals surface area contributed by atoms with Crippen LogP contribution in [0.2, 0.25) is 0 Å². The van der Waals surface area contributed by atoms with Gasteiger partial charge in [-0.05, 0) is 18.4 Å². The lowest BCUT2D eigenvalue weighted by molar-refractivity contribution is -0.385. The topological polar surface area (TPSA) is 161 Å². The van der Waals surface area contributed by atoms with Crippen LogP contribution in [0.4, 0.5) is 11.4 Å². The van der Waals surface area contributed by atoms with Crippen LogP contribution < -0.4 is 0 Å². The summed E-state index contributed by atoms with van der Waals surface area (Å²) < 4.78 is 0. The number of ketones is 1. The largest absolute Gasteiger partial charge is 0.292 e. The van der Waals surface area contributed by atoms with Gasteiger partial charge in [-0.15, -0.1) is 0 Å². The van der Waals surface area contributed by atoms with Gasteiger partial charge >= 0.3 is 0 Å². The van der Waals surface area contributed by atoms with Crippen LogP contribution >= 0.6 is 0 Å². The van der Waals surface area contributed by atoms with E-state index in [1.807, 2.05) is 0 Å². The minimum atomic E-state index is -1.10. The number of nitrogens with zero attached hydrogens (tertiary/aromatic N) is 4. The summed E-state index contributed by atoms with van der Waals surface area (Å²) in [5.41, 5.74) is -1.48. The fourth-order valence-electron chi connectivity index (χ4n) is 4.58. The zero-order valence-electron chi connectivity index (χ0n) is 19.0. The summed E-state index contributed by atoms with van der Waals surface area (Å²) in [5.74, 6) is -5.08. The van der Waals surface area contributed by atoms with Crippen molar-refractivity contribution in [3.05, 3.63) is 92.0 Å². The molecule has 0 bridgehead atoms. The molecule has 1 saturated heterocycles. The van der Waals surface area contributed by atoms with Crippen molar-refractivity contribution in [1.82, 2.24) is 10.0 Å². The molecule has 1 fully saturated rings. The lowest BCUT2D eigenvalue weighted by Gasteiger charge is -2.30. The number of rotatable bonds is 7. The third kappa shape index (κ3) is 4.24. The lowest BCUT2D eigenvalue weighted by atomic mass is 9.78. The molecular weight excluding hydrogens is 472 g/mol. The third-order valence-corrected chi connectivity index (χ3v) is 6.33. The van der Waals surface area contributed by atoms with E-state index in [-0.39, 0.29) is 23.6 Å². The van der Waals surface area contributed by atoms with Gasteiger partial charge < -0.3 is 0 Å². The van der Waals surface area contributed by atoms with Gasteiger partial charge in [0.15, 0.2) is 5.78 Å². The van der Waals surface area contributed by atoms with Crippen LogP contribution in [0.1, 0.15) is 34.1 Å². The van der Waals surface area contributed by atoms with Crippen molar-refractivity contribution in [1.29, 1.82) is 0 Å². The predicted molar refractivity (Wildman–Crippen MR) is 123 cm³/mol. The molecule has 1 aliphatic heterocycles. The smallest absolute Gasteiger partial charge is 0.282 e. The summed E-state index contributed by atoms with van der Waals surface area (Å²) in [4.78, 5) is 74.5. The van der Waals surface area contributed by atoms with E-state index >= 15 is 0 Å². The minimum absolute atomic E-state index is 0.129. The number of hydrogen-bond donors (Lipinski definition) is 0. The molecule has 12 heteroatoms. The Bertz CT molecular complexity index is 1340. The Morgan fingerprint density at radius 1 is 1.03 bits per heavy atom. The molecule has 184 valence electrons. The maximum Gasteiger partial charge on any atom is 0.282 e. The molecule has 1 heterocycles. The first kappa shape index (κ1) is 24.4. The van der Waals surface area contributed by atoms with Gasteiger partial charge in [-0.3, -0.25) is 39.4 Å². The van der Waals surface area contributed by atoms with Crippen LogP contribution in [0, 0.1) is 38.0 Å². The molecule has 4 rings (SSSR count). The number of amides is 3. The van der Waals surface area contributed by atoms with Gasteiger partial charge in [0, 0.05) is 23.8 Å². The summed E-state index contributed by atoms with van der Waals surface area (Å²) in [7, 11) is 0. The fraction of sp³-hybridized carbons (Fsp3) is 0.250. The van der Waals surface area contributed by atoms with E-state index in [0.29, 0.717) is 10.0 Å². The Morgan fingerprint density at radius 2 is 1.75 bits per heavy atom. The second-order valence-electron chi connectivity index (χ2n) is 8.51. The number of allylic oxidation sites excluding steroid dienone is 2. The van der Waals surface area contributed by atoms with Crippen molar-refractivity contribution in [2.45, 2.75) is 13.3 Å². The number of fused-ring (bicyclic) bond motifs is 1. The van der Waals surface area contributed by atoms with Crippen LogP contribution in [0.25, 0.3) is 0 Å². The number of hydrazine groups is 1. The van der Waals surface area contributed by atoms with E-state index in [0.717, 1.165) is 18.2 Å². The number of carbonyl (C=O) groups is 4. The maximum atomic E-state index is 13.6. The zero-order chi connectivity index (χ0) is 26.1. The van der Waals surface area contributed by atoms with Gasteiger partial charge in [0.05, 0.1) is 21.7 Å². The Kier molecular flexibility index (Phi) is 6.43. The molecule has 0 aromatic heterocycles. The van der Waals surface area contributed by atoms with Gasteiger partial charge in [-0.1, -0.05) is 43.3 Å². The van der Waals surface area contributed by atoms with Crippen molar-refractivity contribution in [3.63, 3.8) is 0 Å². The van der Waals surface area contributed by atoms with Crippen molar-refractivity contribution in [3.8, 4) is 0 Å². The van der Waals surface area contributed by atoms with Gasteiger partial charge in [0.1, 0.15) is 12.1 Å². The van der Waals surface area contributed by atoms with E-state index in [4.69, 9.17) is 0 Å². The van der Waals surface area contributed by atoms with Gasteiger partial charge in [-0.2, -0.15) is 5.01 Å². The number of nitro groups is 2. The van der Waals surface area contributed by atoms with E-state index in [1.165, 1.54) is 30.3 Å². The lowest BCUT2D eigenvalue weighted by Crippen LogP contribution is -2.52. The average molecular weight is 492 g/mol. The highest BCUT2D eigenvalue weighted by atomic mass is 16.6. The molecule has 0 spiro atoms. The highest BCUT2D eigenvalue weighted by Gasteiger charge is 2.53. The molecular formula is C24H20N4O8. The standard InChI is InChI=1S/C24H20N4O8/c1-14-6-4-10-18-21(14)24(32)26(23(18)31)25(22(30)17-9-2-3-11-19(17)28(35)36)13-20(29)15-7-5-8-16(12-15)27(33)34/h2-9,11-12,14,18,21H,10,13H2,1H3/t14-,18+,21-/m1/s1. The number of non-ortho nitro benzene ring substituents is 1. The minimum Gasteiger partial charge on any atom is -0.292 e. The summed E-state index contributed by atoms with van der Waals surface area (Å²) in [6, 6.07) is 9.74. The van der Waals surface area contributed by atoms with Crippen LogP contribution in [0.5, 0.6) is 0 Å². The Labute approximate surface area is 204 Å². The van der Waals surface area contributed by atoms with Crippen LogP contribution in [-0.2, 0) is 9.59 Å². The number of hydrogen-bond acceptors (Lipinski definition) is 8. The SMILES string of the molecule is C[C@@H]1C=CC[C@@H]2C(=O)N(N(CC(=O)c3cccc([N+](=O)[O-])c3)C(=O)c3ccccc3[N+](=O)[O-])C(=O)[C@H]12. The third-order valence-electron chi connectivity index (χ3n) is 6.33. The van der Waals surface area contributed by atoms with Gasteiger partial charge in [0.25, 0.3) is 29.1 Å². The van der Waals surface area contributed by atoms with Crippen molar-refractivity contribution in [2.75, 3.05) is 6.54 Å². The molecule has 36 heavy (non-hydrogen) atoms. The Morgan fingerprint density at radius 3 is 2.42 bits per heavy atom. The Balaban J connectivity index is 1.77. The molecule has 3 amide bonds. The Hall–Kier alpha value is -4.74. The number of benzene rings is 2. The van der Waals surface area contributed by atoms with E-state index in [2.05, 4.69) is 0 Å². The first-order chi connectivity index (χ1) is 17.1. The number of carbonyl (C=O) groups excluding carboxylic acids is 4. The average Bonchev–Trinajstić information content (AvgIpc) is 3.12.